The fourth-order valence-corrected chi connectivity index (χ4v) is 2.52. The third-order valence-electron chi connectivity index (χ3n) is 3.39. The van der Waals surface area contributed by atoms with Crippen LogP contribution in [0.4, 0.5) is 0 Å². The number of ether oxygens (including phenoxy) is 1. The summed E-state index contributed by atoms with van der Waals surface area (Å²) in [4.78, 5) is 17.6. The first-order valence-corrected chi connectivity index (χ1v) is 9.49. The fraction of sp³-hybridized carbons (Fsp3) is 0.444. The summed E-state index contributed by atoms with van der Waals surface area (Å²) in [5, 5.41) is 0. The van der Waals surface area contributed by atoms with E-state index in [1.807, 2.05) is 19.1 Å². The molecule has 128 valence electrons. The lowest BCUT2D eigenvalue weighted by Crippen LogP contribution is -1.98. The maximum atomic E-state index is 10.8. The highest BCUT2D eigenvalue weighted by atomic mass is 31.2. The van der Waals surface area contributed by atoms with Gasteiger partial charge in [-0.2, -0.15) is 0 Å². The quantitative estimate of drug-likeness (QED) is 0.528. The maximum absolute atomic E-state index is 10.8. The molecule has 0 spiro atoms. The summed E-state index contributed by atoms with van der Waals surface area (Å²) in [6, 6.07) is 6.03. The van der Waals surface area contributed by atoms with Gasteiger partial charge in [-0.25, -0.2) is 0 Å². The minimum Gasteiger partial charge on any atom is -0.364 e. The minimum atomic E-state index is -4.10. The Morgan fingerprint density at radius 3 is 2.52 bits per heavy atom. The van der Waals surface area contributed by atoms with Crippen molar-refractivity contribution in [3.63, 3.8) is 0 Å². The molecule has 0 aromatic heterocycles. The van der Waals surface area contributed by atoms with Gasteiger partial charge in [-0.1, -0.05) is 41.5 Å². The first-order valence-electron chi connectivity index (χ1n) is 7.70. The van der Waals surface area contributed by atoms with Crippen molar-refractivity contribution >= 4 is 13.7 Å². The molecule has 0 unspecified atom stereocenters. The van der Waals surface area contributed by atoms with Gasteiger partial charge < -0.3 is 14.5 Å². The number of rotatable bonds is 8. The Hall–Kier alpha value is -1.19. The third kappa shape index (κ3) is 8.87. The molecule has 0 atom stereocenters. The van der Waals surface area contributed by atoms with E-state index in [0.717, 1.165) is 29.5 Å². The molecule has 1 rings (SSSR count). The van der Waals surface area contributed by atoms with Gasteiger partial charge in [0.1, 0.15) is 6.35 Å². The van der Waals surface area contributed by atoms with Crippen molar-refractivity contribution in [2.75, 3.05) is 6.35 Å². The van der Waals surface area contributed by atoms with E-state index < -0.39 is 13.9 Å². The van der Waals surface area contributed by atoms with Gasteiger partial charge in [0.25, 0.3) is 0 Å². The highest BCUT2D eigenvalue weighted by Crippen LogP contribution is 2.34. The van der Waals surface area contributed by atoms with Gasteiger partial charge in [0, 0.05) is 0 Å². The van der Waals surface area contributed by atoms with Gasteiger partial charge in [-0.15, -0.1) is 0 Å². The van der Waals surface area contributed by atoms with E-state index in [1.54, 1.807) is 0 Å². The molecule has 0 aliphatic carbocycles. The molecule has 1 aromatic rings. The topological polar surface area (TPSA) is 66.8 Å². The monoisotopic (exact) mass is 338 g/mol. The zero-order chi connectivity index (χ0) is 17.5. The second kappa shape index (κ2) is 9.19. The molecular weight excluding hydrogens is 311 g/mol. The lowest BCUT2D eigenvalue weighted by atomic mass is 10.0. The van der Waals surface area contributed by atoms with E-state index in [2.05, 4.69) is 39.0 Å². The summed E-state index contributed by atoms with van der Waals surface area (Å²) in [6.07, 6.45) is 5.96. The third-order valence-corrected chi connectivity index (χ3v) is 3.91. The second-order valence-electron chi connectivity index (χ2n) is 6.14. The molecule has 4 nitrogen and oxygen atoms in total. The average molecular weight is 338 g/mol. The first kappa shape index (κ1) is 19.9. The van der Waals surface area contributed by atoms with Crippen molar-refractivity contribution in [3.8, 4) is 0 Å². The Morgan fingerprint density at radius 1 is 1.26 bits per heavy atom. The molecule has 0 radical (unpaired) electrons. The van der Waals surface area contributed by atoms with Crippen molar-refractivity contribution in [1.82, 2.24) is 0 Å². The number of hydrogen-bond donors (Lipinski definition) is 2. The van der Waals surface area contributed by atoms with Crippen LogP contribution in [0.1, 0.15) is 50.3 Å². The van der Waals surface area contributed by atoms with Crippen LogP contribution in [-0.4, -0.2) is 16.1 Å². The van der Waals surface area contributed by atoms with Crippen molar-refractivity contribution in [3.05, 3.63) is 52.1 Å². The largest absolute Gasteiger partial charge is 0.364 e. The molecule has 0 aliphatic rings. The Labute approximate surface area is 139 Å². The number of aryl methyl sites for hydroxylation is 1. The fourth-order valence-electron chi connectivity index (χ4n) is 2.19. The van der Waals surface area contributed by atoms with Crippen LogP contribution < -0.4 is 0 Å². The van der Waals surface area contributed by atoms with Crippen LogP contribution in [0.2, 0.25) is 0 Å². The van der Waals surface area contributed by atoms with Gasteiger partial charge in [0.2, 0.25) is 0 Å². The highest BCUT2D eigenvalue weighted by molar-refractivity contribution is 7.51. The van der Waals surface area contributed by atoms with Gasteiger partial charge in [0.05, 0.1) is 6.61 Å². The average Bonchev–Trinajstić information content (AvgIpc) is 2.39. The summed E-state index contributed by atoms with van der Waals surface area (Å²) in [7, 11) is -4.10. The molecule has 2 N–H and O–H groups in total. The number of hydrogen-bond acceptors (Lipinski definition) is 2. The van der Waals surface area contributed by atoms with Gasteiger partial charge in [-0.05, 0) is 57.2 Å². The molecule has 0 saturated heterocycles. The van der Waals surface area contributed by atoms with E-state index in [4.69, 9.17) is 14.5 Å². The lowest BCUT2D eigenvalue weighted by Gasteiger charge is -2.09. The SMILES string of the molecule is CC(C)=CCCC(C)=Cc1ccc(COCP(=O)(O)O)c(C)c1. The van der Waals surface area contributed by atoms with Crippen LogP contribution in [0.5, 0.6) is 0 Å². The first-order chi connectivity index (χ1) is 10.7. The molecule has 23 heavy (non-hydrogen) atoms. The van der Waals surface area contributed by atoms with E-state index in [0.29, 0.717) is 0 Å². The van der Waals surface area contributed by atoms with Gasteiger partial charge in [-0.3, -0.25) is 4.57 Å². The van der Waals surface area contributed by atoms with Crippen molar-refractivity contribution in [2.45, 2.75) is 47.1 Å². The normalized spacial score (nSPS) is 12.3. The summed E-state index contributed by atoms with van der Waals surface area (Å²) in [5.74, 6) is 0. The molecule has 0 fully saturated rings. The minimum absolute atomic E-state index is 0.209. The zero-order valence-electron chi connectivity index (χ0n) is 14.4. The van der Waals surface area contributed by atoms with Crippen molar-refractivity contribution in [2.24, 2.45) is 0 Å². The van der Waals surface area contributed by atoms with Gasteiger partial charge >= 0.3 is 7.60 Å². The molecule has 0 saturated carbocycles. The molecular formula is C18H27O4P. The highest BCUT2D eigenvalue weighted by Gasteiger charge is 2.12. The van der Waals surface area contributed by atoms with Crippen molar-refractivity contribution in [1.29, 1.82) is 0 Å². The molecule has 0 amide bonds. The molecule has 0 heterocycles. The van der Waals surface area contributed by atoms with Gasteiger partial charge in [0.15, 0.2) is 0 Å². The summed E-state index contributed by atoms with van der Waals surface area (Å²) >= 11 is 0. The molecule has 0 aliphatic heterocycles. The smallest absolute Gasteiger partial charge is 0.350 e. The number of benzene rings is 1. The van der Waals surface area contributed by atoms with E-state index in [9.17, 15) is 4.57 Å². The van der Waals surface area contributed by atoms with Crippen LogP contribution in [0, 0.1) is 6.92 Å². The van der Waals surface area contributed by atoms with Crippen LogP contribution in [0.3, 0.4) is 0 Å². The predicted molar refractivity (Wildman–Crippen MR) is 95.2 cm³/mol. The predicted octanol–water partition coefficient (Wildman–Crippen LogP) is 4.80. The Morgan fingerprint density at radius 2 is 1.96 bits per heavy atom. The van der Waals surface area contributed by atoms with E-state index in [1.165, 1.54) is 11.1 Å². The Balaban J connectivity index is 2.64. The van der Waals surface area contributed by atoms with E-state index in [-0.39, 0.29) is 6.61 Å². The Bertz CT molecular complexity index is 622. The van der Waals surface area contributed by atoms with Crippen LogP contribution in [-0.2, 0) is 15.9 Å². The van der Waals surface area contributed by atoms with Crippen LogP contribution in [0.25, 0.3) is 6.08 Å². The van der Waals surface area contributed by atoms with Crippen LogP contribution >= 0.6 is 7.60 Å². The number of allylic oxidation sites excluding steroid dienone is 3. The molecule has 0 bridgehead atoms. The van der Waals surface area contributed by atoms with E-state index >= 15 is 0 Å². The summed E-state index contributed by atoms with van der Waals surface area (Å²) in [5.41, 5.74) is 5.80. The Kier molecular flexibility index (Phi) is 7.93. The molecule has 5 heteroatoms. The maximum Gasteiger partial charge on any atom is 0.350 e. The second-order valence-corrected chi connectivity index (χ2v) is 7.73. The van der Waals surface area contributed by atoms with Crippen molar-refractivity contribution < 1.29 is 19.1 Å². The summed E-state index contributed by atoms with van der Waals surface area (Å²) < 4.78 is 15.8. The zero-order valence-corrected chi connectivity index (χ0v) is 15.3. The molecule has 1 aromatic carbocycles. The summed E-state index contributed by atoms with van der Waals surface area (Å²) in [6.45, 7) is 8.53. The van der Waals surface area contributed by atoms with Crippen LogP contribution in [0.15, 0.2) is 35.4 Å². The lowest BCUT2D eigenvalue weighted by molar-refractivity contribution is 0.144. The standard InChI is InChI=1S/C18H27O4P/c1-14(2)6-5-7-15(3)10-17-8-9-18(16(4)11-17)12-22-13-23(19,20)21/h6,8-11H,5,7,12-13H2,1-4H3,(H2,19,20,21).